The molecule has 1 aromatic carbocycles. The lowest BCUT2D eigenvalue weighted by Gasteiger charge is -2.04. The minimum atomic E-state index is -0.210. The smallest absolute Gasteiger partial charge is 0.338 e. The van der Waals surface area contributed by atoms with Gasteiger partial charge in [0.15, 0.2) is 0 Å². The molecule has 3 heteroatoms. The van der Waals surface area contributed by atoms with Crippen LogP contribution in [-0.4, -0.2) is 17.9 Å². The predicted octanol–water partition coefficient (Wildman–Crippen LogP) is 4.97. The maximum absolute atomic E-state index is 11.6. The number of hydrogen-bond acceptors (Lipinski definition) is 2. The van der Waals surface area contributed by atoms with E-state index in [1.54, 1.807) is 12.1 Å². The molecule has 0 aliphatic carbocycles. The van der Waals surface area contributed by atoms with Crippen molar-refractivity contribution in [1.82, 2.24) is 0 Å². The summed E-state index contributed by atoms with van der Waals surface area (Å²) in [5.41, 5.74) is 0.636. The highest BCUT2D eigenvalue weighted by Gasteiger charge is 2.04. The Kier molecular flexibility index (Phi) is 9.42. The molecule has 0 aliphatic rings. The number of ether oxygens (including phenoxy) is 1. The van der Waals surface area contributed by atoms with Crippen molar-refractivity contribution in [2.24, 2.45) is 0 Å². The van der Waals surface area contributed by atoms with E-state index in [0.29, 0.717) is 12.2 Å². The molecule has 2 nitrogen and oxygen atoms in total. The summed E-state index contributed by atoms with van der Waals surface area (Å²) in [6.45, 7) is 0.537. The van der Waals surface area contributed by atoms with Crippen LogP contribution in [0.2, 0.25) is 0 Å². The summed E-state index contributed by atoms with van der Waals surface area (Å²) in [6, 6.07) is 9.16. The molecule has 19 heavy (non-hydrogen) atoms. The fourth-order valence-corrected chi connectivity index (χ4v) is 2.30. The van der Waals surface area contributed by atoms with Crippen LogP contribution in [0.25, 0.3) is 0 Å². The van der Waals surface area contributed by atoms with E-state index in [2.05, 4.69) is 15.9 Å². The van der Waals surface area contributed by atoms with Gasteiger partial charge < -0.3 is 4.74 Å². The summed E-state index contributed by atoms with van der Waals surface area (Å²) in [6.07, 6.45) is 8.55. The maximum atomic E-state index is 11.6. The summed E-state index contributed by atoms with van der Waals surface area (Å²) < 4.78 is 5.23. The molecule has 0 N–H and O–H groups in total. The Morgan fingerprint density at radius 3 is 2.11 bits per heavy atom. The van der Waals surface area contributed by atoms with Crippen LogP contribution >= 0.6 is 15.9 Å². The van der Waals surface area contributed by atoms with Crippen molar-refractivity contribution >= 4 is 21.9 Å². The Morgan fingerprint density at radius 2 is 1.47 bits per heavy atom. The first-order valence-electron chi connectivity index (χ1n) is 7.12. The van der Waals surface area contributed by atoms with Crippen molar-refractivity contribution in [1.29, 1.82) is 0 Å². The van der Waals surface area contributed by atoms with E-state index in [4.69, 9.17) is 4.74 Å². The quantitative estimate of drug-likeness (QED) is 0.344. The van der Waals surface area contributed by atoms with E-state index >= 15 is 0 Å². The van der Waals surface area contributed by atoms with E-state index in [1.165, 1.54) is 32.1 Å². The second-order valence-electron chi connectivity index (χ2n) is 4.67. The number of rotatable bonds is 10. The molecule has 0 amide bonds. The Hall–Kier alpha value is -0.830. The number of alkyl halides is 1. The lowest BCUT2D eigenvalue weighted by molar-refractivity contribution is 0.0497. The molecule has 0 saturated carbocycles. The van der Waals surface area contributed by atoms with Crippen LogP contribution in [-0.2, 0) is 4.74 Å². The predicted molar refractivity (Wildman–Crippen MR) is 82.8 cm³/mol. The lowest BCUT2D eigenvalue weighted by Crippen LogP contribution is -2.06. The van der Waals surface area contributed by atoms with Crippen molar-refractivity contribution in [2.75, 3.05) is 11.9 Å². The topological polar surface area (TPSA) is 26.3 Å². The lowest BCUT2D eigenvalue weighted by atomic mass is 10.1. The molecule has 0 atom stereocenters. The Balaban J connectivity index is 1.95. The van der Waals surface area contributed by atoms with Crippen LogP contribution in [0.1, 0.15) is 55.3 Å². The fourth-order valence-electron chi connectivity index (χ4n) is 1.90. The second kappa shape index (κ2) is 11.0. The highest BCUT2D eigenvalue weighted by Crippen LogP contribution is 2.08. The van der Waals surface area contributed by atoms with Gasteiger partial charge in [-0.1, -0.05) is 66.2 Å². The van der Waals surface area contributed by atoms with Crippen LogP contribution < -0.4 is 0 Å². The second-order valence-corrected chi connectivity index (χ2v) is 5.46. The molecule has 0 bridgehead atoms. The first kappa shape index (κ1) is 16.2. The van der Waals surface area contributed by atoms with Crippen LogP contribution in [0.15, 0.2) is 30.3 Å². The Morgan fingerprint density at radius 1 is 0.895 bits per heavy atom. The van der Waals surface area contributed by atoms with Crippen molar-refractivity contribution in [3.63, 3.8) is 0 Å². The monoisotopic (exact) mass is 326 g/mol. The van der Waals surface area contributed by atoms with Gasteiger partial charge in [-0.25, -0.2) is 4.79 Å². The number of carbonyl (C=O) groups is 1. The highest BCUT2D eigenvalue weighted by molar-refractivity contribution is 9.09. The number of unbranched alkanes of at least 4 members (excludes halogenated alkanes) is 6. The van der Waals surface area contributed by atoms with Gasteiger partial charge in [0.2, 0.25) is 0 Å². The number of carbonyl (C=O) groups excluding carboxylic acids is 1. The third-order valence-electron chi connectivity index (χ3n) is 3.02. The summed E-state index contributed by atoms with van der Waals surface area (Å²) in [4.78, 5) is 11.6. The first-order chi connectivity index (χ1) is 9.34. The van der Waals surface area contributed by atoms with Gasteiger partial charge in [-0.2, -0.15) is 0 Å². The van der Waals surface area contributed by atoms with Crippen LogP contribution in [0.3, 0.4) is 0 Å². The molecule has 0 saturated heterocycles. The Labute approximate surface area is 124 Å². The molecule has 0 radical (unpaired) electrons. The van der Waals surface area contributed by atoms with Gasteiger partial charge in [0.05, 0.1) is 12.2 Å². The minimum Gasteiger partial charge on any atom is -0.462 e. The van der Waals surface area contributed by atoms with E-state index in [1.807, 2.05) is 18.2 Å². The SMILES string of the molecule is O=C(OCCCCCCCCCBr)c1ccccc1. The van der Waals surface area contributed by atoms with E-state index in [0.717, 1.165) is 18.2 Å². The van der Waals surface area contributed by atoms with Crippen molar-refractivity contribution in [2.45, 2.75) is 44.9 Å². The molecule has 0 aliphatic heterocycles. The van der Waals surface area contributed by atoms with E-state index < -0.39 is 0 Å². The minimum absolute atomic E-state index is 0.210. The number of hydrogen-bond donors (Lipinski definition) is 0. The Bertz CT molecular complexity index is 338. The summed E-state index contributed by atoms with van der Waals surface area (Å²) >= 11 is 3.44. The van der Waals surface area contributed by atoms with Gasteiger partial charge in [-0.3, -0.25) is 0 Å². The molecule has 0 heterocycles. The highest BCUT2D eigenvalue weighted by atomic mass is 79.9. The van der Waals surface area contributed by atoms with Crippen LogP contribution in [0, 0.1) is 0 Å². The van der Waals surface area contributed by atoms with Gasteiger partial charge in [0, 0.05) is 5.33 Å². The van der Waals surface area contributed by atoms with Gasteiger partial charge in [-0.15, -0.1) is 0 Å². The molecule has 0 unspecified atom stereocenters. The summed E-state index contributed by atoms with van der Waals surface area (Å²) in [5, 5.41) is 1.11. The van der Waals surface area contributed by atoms with Crippen molar-refractivity contribution < 1.29 is 9.53 Å². The normalized spacial score (nSPS) is 10.4. The average Bonchev–Trinajstić information content (AvgIpc) is 2.46. The molecular weight excluding hydrogens is 304 g/mol. The largest absolute Gasteiger partial charge is 0.462 e. The molecule has 0 spiro atoms. The van der Waals surface area contributed by atoms with E-state index in [9.17, 15) is 4.79 Å². The summed E-state index contributed by atoms with van der Waals surface area (Å²) in [7, 11) is 0. The van der Waals surface area contributed by atoms with Crippen molar-refractivity contribution in [3.05, 3.63) is 35.9 Å². The third-order valence-corrected chi connectivity index (χ3v) is 3.58. The zero-order chi connectivity index (χ0) is 13.8. The third kappa shape index (κ3) is 8.04. The summed E-state index contributed by atoms with van der Waals surface area (Å²) in [5.74, 6) is -0.210. The fraction of sp³-hybridized carbons (Fsp3) is 0.562. The zero-order valence-electron chi connectivity index (χ0n) is 11.4. The molecule has 0 fully saturated rings. The van der Waals surface area contributed by atoms with Gasteiger partial charge >= 0.3 is 5.97 Å². The van der Waals surface area contributed by atoms with Gasteiger partial charge in [0.25, 0.3) is 0 Å². The number of halogens is 1. The zero-order valence-corrected chi connectivity index (χ0v) is 13.0. The molecular formula is C16H23BrO2. The van der Waals surface area contributed by atoms with Crippen LogP contribution in [0.5, 0.6) is 0 Å². The van der Waals surface area contributed by atoms with Crippen LogP contribution in [0.4, 0.5) is 0 Å². The van der Waals surface area contributed by atoms with Crippen molar-refractivity contribution in [3.8, 4) is 0 Å². The molecule has 106 valence electrons. The molecule has 1 rings (SSSR count). The van der Waals surface area contributed by atoms with E-state index in [-0.39, 0.29) is 5.97 Å². The van der Waals surface area contributed by atoms with Gasteiger partial charge in [0.1, 0.15) is 0 Å². The van der Waals surface area contributed by atoms with Gasteiger partial charge in [-0.05, 0) is 25.0 Å². The standard InChI is InChI=1S/C16H23BrO2/c17-13-9-4-2-1-3-5-10-14-19-16(18)15-11-7-6-8-12-15/h6-8,11-12H,1-5,9-10,13-14H2. The molecule has 0 aromatic heterocycles. The first-order valence-corrected chi connectivity index (χ1v) is 8.25. The maximum Gasteiger partial charge on any atom is 0.338 e. The number of esters is 1. The average molecular weight is 327 g/mol. The molecule has 1 aromatic rings. The number of benzene rings is 1.